The third kappa shape index (κ3) is 6.12. The molecule has 0 aliphatic carbocycles. The molecule has 0 saturated carbocycles. The minimum atomic E-state index is -0.716. The van der Waals surface area contributed by atoms with E-state index >= 15 is 0 Å². The van der Waals surface area contributed by atoms with Crippen molar-refractivity contribution in [1.29, 1.82) is 0 Å². The predicted octanol–water partition coefficient (Wildman–Crippen LogP) is 7.27. The molecule has 0 aromatic heterocycles. The molecule has 0 amide bonds. The predicted molar refractivity (Wildman–Crippen MR) is 143 cm³/mol. The van der Waals surface area contributed by atoms with Crippen molar-refractivity contribution in [3.8, 4) is 5.75 Å². The van der Waals surface area contributed by atoms with Gasteiger partial charge in [0, 0.05) is 19.3 Å². The van der Waals surface area contributed by atoms with Gasteiger partial charge in [0.15, 0.2) is 5.79 Å². The van der Waals surface area contributed by atoms with Crippen LogP contribution in [-0.2, 0) is 14.2 Å². The van der Waals surface area contributed by atoms with Gasteiger partial charge < -0.3 is 19.3 Å². The van der Waals surface area contributed by atoms with E-state index in [2.05, 4.69) is 39.8 Å². The van der Waals surface area contributed by atoms with E-state index in [9.17, 15) is 9.90 Å². The number of aryl methyl sites for hydroxylation is 1. The van der Waals surface area contributed by atoms with Crippen LogP contribution < -0.4 is 0 Å². The Labute approximate surface area is 216 Å². The van der Waals surface area contributed by atoms with Gasteiger partial charge in [-0.1, -0.05) is 43.7 Å². The normalized spacial score (nSPS) is 37.7. The van der Waals surface area contributed by atoms with Gasteiger partial charge in [0.25, 0.3) is 0 Å². The molecular weight excluding hydrogens is 452 g/mol. The maximum atomic E-state index is 13.6. The first-order chi connectivity index (χ1) is 17.0. The minimum Gasteiger partial charge on any atom is -0.508 e. The number of hydrogen-bond acceptors (Lipinski definition) is 5. The second kappa shape index (κ2) is 10.9. The number of phenolic OH excluding ortho intramolecular Hbond substituents is 1. The number of aromatic hydroxyl groups is 1. The van der Waals surface area contributed by atoms with Crippen LogP contribution in [0.5, 0.6) is 5.75 Å². The topological polar surface area (TPSA) is 65.0 Å². The summed E-state index contributed by atoms with van der Waals surface area (Å²) in [7, 11) is 0. The Morgan fingerprint density at radius 2 is 1.81 bits per heavy atom. The molecule has 2 bridgehead atoms. The highest BCUT2D eigenvalue weighted by Crippen LogP contribution is 2.43. The SMILES string of the molecule is C/C1=C/C[C@@H]2C[C@H](C[C@]3(CC[C@H](C)[C@@H](C)O3)O2)OC(=O)c2cc(C)c(O)cc2/C(C)=C/C=C/[C@H](C)C1. The molecule has 3 heterocycles. The maximum Gasteiger partial charge on any atom is 0.339 e. The quantitative estimate of drug-likeness (QED) is 0.303. The Morgan fingerprint density at radius 3 is 2.56 bits per heavy atom. The summed E-state index contributed by atoms with van der Waals surface area (Å²) >= 11 is 0. The summed E-state index contributed by atoms with van der Waals surface area (Å²) < 4.78 is 19.3. The molecule has 2 saturated heterocycles. The summed E-state index contributed by atoms with van der Waals surface area (Å²) in [5.41, 5.74) is 4.05. The van der Waals surface area contributed by atoms with E-state index in [1.807, 2.05) is 19.1 Å². The highest BCUT2D eigenvalue weighted by atomic mass is 16.7. The summed E-state index contributed by atoms with van der Waals surface area (Å²) in [5.74, 6) is -0.0581. The van der Waals surface area contributed by atoms with Gasteiger partial charge in [0.05, 0.1) is 17.8 Å². The standard InChI is InChI=1S/C31H42O5/c1-19-8-7-9-22(4)27-17-29(32)23(5)15-28(27)30(33)34-26-16-25(11-10-20(2)14-19)36-31(18-26)13-12-21(3)24(6)35-31/h7-10,15,17,19,21,24-26,32H,11-14,16,18H2,1-6H3/b8-7+,20-10-,22-9+/t19-,21-,24+,25+,26+,31-/m0/s1. The van der Waals surface area contributed by atoms with Gasteiger partial charge in [-0.15, -0.1) is 0 Å². The number of fused-ring (bicyclic) bond motifs is 3. The van der Waals surface area contributed by atoms with Crippen molar-refractivity contribution in [3.63, 3.8) is 0 Å². The monoisotopic (exact) mass is 494 g/mol. The number of esters is 1. The molecular formula is C31H42O5. The van der Waals surface area contributed by atoms with E-state index in [0.717, 1.165) is 31.3 Å². The lowest BCUT2D eigenvalue weighted by Crippen LogP contribution is -2.53. The number of allylic oxidation sites excluding steroid dienone is 5. The molecule has 3 aliphatic heterocycles. The molecule has 5 nitrogen and oxygen atoms in total. The van der Waals surface area contributed by atoms with Gasteiger partial charge in [-0.2, -0.15) is 0 Å². The molecule has 1 aromatic rings. The summed E-state index contributed by atoms with van der Waals surface area (Å²) in [6.07, 6.45) is 13.0. The zero-order chi connectivity index (χ0) is 26.0. The van der Waals surface area contributed by atoms with E-state index < -0.39 is 5.79 Å². The van der Waals surface area contributed by atoms with E-state index in [1.165, 1.54) is 5.57 Å². The lowest BCUT2D eigenvalue weighted by atomic mass is 9.86. The molecule has 4 rings (SSSR count). The average Bonchev–Trinajstić information content (AvgIpc) is 2.81. The van der Waals surface area contributed by atoms with Crippen LogP contribution >= 0.6 is 0 Å². The number of rotatable bonds is 0. The van der Waals surface area contributed by atoms with Crippen LogP contribution in [0, 0.1) is 18.8 Å². The van der Waals surface area contributed by atoms with Crippen LogP contribution in [0.2, 0.25) is 0 Å². The van der Waals surface area contributed by atoms with Crippen molar-refractivity contribution in [2.24, 2.45) is 11.8 Å². The Hall–Kier alpha value is -2.37. The lowest BCUT2D eigenvalue weighted by molar-refractivity contribution is -0.331. The largest absolute Gasteiger partial charge is 0.508 e. The fraction of sp³-hybridized carbons (Fsp3) is 0.581. The van der Waals surface area contributed by atoms with Crippen LogP contribution in [0.1, 0.15) is 94.6 Å². The molecule has 0 unspecified atom stereocenters. The fourth-order valence-electron chi connectivity index (χ4n) is 5.67. The van der Waals surface area contributed by atoms with Crippen LogP contribution in [0.15, 0.2) is 42.0 Å². The van der Waals surface area contributed by atoms with Crippen LogP contribution in [0.25, 0.3) is 5.57 Å². The molecule has 196 valence electrons. The average molecular weight is 495 g/mol. The zero-order valence-electron chi connectivity index (χ0n) is 22.7. The van der Waals surface area contributed by atoms with Crippen molar-refractivity contribution in [2.45, 2.75) is 104 Å². The summed E-state index contributed by atoms with van der Waals surface area (Å²) in [4.78, 5) is 13.6. The fourth-order valence-corrected chi connectivity index (χ4v) is 5.67. The minimum absolute atomic E-state index is 0.0754. The number of benzene rings is 1. The number of ether oxygens (including phenoxy) is 3. The molecule has 36 heavy (non-hydrogen) atoms. The van der Waals surface area contributed by atoms with Crippen LogP contribution in [0.3, 0.4) is 0 Å². The molecule has 1 aromatic carbocycles. The third-order valence-electron chi connectivity index (χ3n) is 8.04. The van der Waals surface area contributed by atoms with Crippen molar-refractivity contribution < 1.29 is 24.1 Å². The Morgan fingerprint density at radius 1 is 1.03 bits per heavy atom. The van der Waals surface area contributed by atoms with Crippen LogP contribution in [0.4, 0.5) is 0 Å². The second-order valence-electron chi connectivity index (χ2n) is 11.3. The number of hydrogen-bond donors (Lipinski definition) is 1. The molecule has 3 aliphatic rings. The van der Waals surface area contributed by atoms with Gasteiger partial charge in [-0.25, -0.2) is 4.79 Å². The van der Waals surface area contributed by atoms with Crippen molar-refractivity contribution >= 4 is 11.5 Å². The molecule has 2 fully saturated rings. The lowest BCUT2D eigenvalue weighted by Gasteiger charge is -2.49. The molecule has 5 heteroatoms. The Bertz CT molecular complexity index is 1070. The third-order valence-corrected chi connectivity index (χ3v) is 8.04. The second-order valence-corrected chi connectivity index (χ2v) is 11.3. The van der Waals surface area contributed by atoms with Gasteiger partial charge in [0.2, 0.25) is 0 Å². The molecule has 6 atom stereocenters. The molecule has 1 spiro atoms. The smallest absolute Gasteiger partial charge is 0.339 e. The van der Waals surface area contributed by atoms with E-state index in [1.54, 1.807) is 19.1 Å². The number of carbonyl (C=O) groups excluding carboxylic acids is 1. The zero-order valence-corrected chi connectivity index (χ0v) is 22.7. The van der Waals surface area contributed by atoms with E-state index in [0.29, 0.717) is 41.4 Å². The van der Waals surface area contributed by atoms with Crippen molar-refractivity contribution in [1.82, 2.24) is 0 Å². The maximum absolute atomic E-state index is 13.6. The number of carbonyl (C=O) groups is 1. The first-order valence-electron chi connectivity index (χ1n) is 13.5. The summed E-state index contributed by atoms with van der Waals surface area (Å²) in [5, 5.41) is 10.4. The highest BCUT2D eigenvalue weighted by molar-refractivity contribution is 5.96. The van der Waals surface area contributed by atoms with Gasteiger partial charge >= 0.3 is 5.97 Å². The van der Waals surface area contributed by atoms with Crippen molar-refractivity contribution in [2.75, 3.05) is 0 Å². The van der Waals surface area contributed by atoms with Crippen LogP contribution in [-0.4, -0.2) is 35.2 Å². The summed E-state index contributed by atoms with van der Waals surface area (Å²) in [6.45, 7) is 12.5. The van der Waals surface area contributed by atoms with Gasteiger partial charge in [-0.05, 0) is 87.6 Å². The molecule has 1 N–H and O–H groups in total. The van der Waals surface area contributed by atoms with Gasteiger partial charge in [-0.3, -0.25) is 0 Å². The summed E-state index contributed by atoms with van der Waals surface area (Å²) in [6, 6.07) is 3.41. The Balaban J connectivity index is 1.72. The molecule has 0 radical (unpaired) electrons. The Kier molecular flexibility index (Phi) is 8.11. The highest BCUT2D eigenvalue weighted by Gasteiger charge is 2.47. The van der Waals surface area contributed by atoms with Gasteiger partial charge in [0.1, 0.15) is 11.9 Å². The first-order valence-corrected chi connectivity index (χ1v) is 13.5. The number of phenols is 1. The van der Waals surface area contributed by atoms with E-state index in [-0.39, 0.29) is 30.0 Å². The van der Waals surface area contributed by atoms with Crippen molar-refractivity contribution in [3.05, 3.63) is 58.7 Å². The first kappa shape index (κ1) is 26.7. The van der Waals surface area contributed by atoms with E-state index in [4.69, 9.17) is 14.2 Å².